The van der Waals surface area contributed by atoms with Gasteiger partial charge in [-0.15, -0.1) is 0 Å². The van der Waals surface area contributed by atoms with Crippen LogP contribution in [0.15, 0.2) is 30.3 Å². The van der Waals surface area contributed by atoms with Gasteiger partial charge in [-0.2, -0.15) is 0 Å². The van der Waals surface area contributed by atoms with Crippen LogP contribution in [0.5, 0.6) is 0 Å². The molecular weight excluding hydrogens is 292 g/mol. The zero-order valence-electron chi connectivity index (χ0n) is 13.5. The molecule has 2 aliphatic heterocycles. The number of amides is 1. The minimum absolute atomic E-state index is 0.0745. The third kappa shape index (κ3) is 3.74. The zero-order chi connectivity index (χ0) is 16.3. The molecule has 2 aliphatic rings. The highest BCUT2D eigenvalue weighted by atomic mass is 16.3. The van der Waals surface area contributed by atoms with Crippen LogP contribution in [0.3, 0.4) is 0 Å². The number of β-amino-alcohol motifs (C(OH)–C–C–N with tert-alkyl or cyclic N) is 1. The summed E-state index contributed by atoms with van der Waals surface area (Å²) in [6.45, 7) is 3.03. The van der Waals surface area contributed by atoms with Crippen LogP contribution < -0.4 is 0 Å². The maximum absolute atomic E-state index is 12.6. The molecule has 0 radical (unpaired) electrons. The predicted octanol–water partition coefficient (Wildman–Crippen LogP) is 1.11. The summed E-state index contributed by atoms with van der Waals surface area (Å²) < 4.78 is 0. The van der Waals surface area contributed by atoms with E-state index in [1.807, 2.05) is 18.2 Å². The Morgan fingerprint density at radius 2 is 1.83 bits per heavy atom. The maximum Gasteiger partial charge on any atom is 0.253 e. The number of hydrogen-bond donors (Lipinski definition) is 2. The largest absolute Gasteiger partial charge is 0.390 e. The smallest absolute Gasteiger partial charge is 0.253 e. The van der Waals surface area contributed by atoms with Gasteiger partial charge in [0.15, 0.2) is 0 Å². The van der Waals surface area contributed by atoms with Crippen molar-refractivity contribution in [1.29, 1.82) is 0 Å². The Balaban J connectivity index is 1.69. The van der Waals surface area contributed by atoms with Crippen molar-refractivity contribution in [3.05, 3.63) is 35.9 Å². The summed E-state index contributed by atoms with van der Waals surface area (Å²) in [4.78, 5) is 16.5. The van der Waals surface area contributed by atoms with Crippen molar-refractivity contribution < 1.29 is 15.0 Å². The minimum Gasteiger partial charge on any atom is -0.390 e. The topological polar surface area (TPSA) is 64.0 Å². The monoisotopic (exact) mass is 318 g/mol. The number of aliphatic hydroxyl groups excluding tert-OH is 1. The Bertz CT molecular complexity index is 530. The van der Waals surface area contributed by atoms with Crippen LogP contribution in [0.1, 0.15) is 36.0 Å². The van der Waals surface area contributed by atoms with Gasteiger partial charge in [0.25, 0.3) is 5.91 Å². The average molecular weight is 318 g/mol. The van der Waals surface area contributed by atoms with Gasteiger partial charge in [0.2, 0.25) is 0 Å². The molecule has 1 aromatic rings. The summed E-state index contributed by atoms with van der Waals surface area (Å²) >= 11 is 0. The predicted molar refractivity (Wildman–Crippen MR) is 88.2 cm³/mol. The summed E-state index contributed by atoms with van der Waals surface area (Å²) in [5.41, 5.74) is -0.607. The first kappa shape index (κ1) is 16.4. The minimum atomic E-state index is -1.24. The highest BCUT2D eigenvalue weighted by Gasteiger charge is 2.43. The van der Waals surface area contributed by atoms with Gasteiger partial charge in [-0.25, -0.2) is 0 Å². The number of nitrogens with zero attached hydrogens (tertiary/aromatic N) is 2. The Hall–Kier alpha value is -1.43. The fraction of sp³-hybridized carbons (Fsp3) is 0.611. The molecule has 5 nitrogen and oxygen atoms in total. The molecule has 2 N–H and O–H groups in total. The van der Waals surface area contributed by atoms with Crippen LogP contribution >= 0.6 is 0 Å². The van der Waals surface area contributed by atoms with E-state index in [-0.39, 0.29) is 12.5 Å². The normalized spacial score (nSPS) is 29.5. The number of carbonyl (C=O) groups excluding carboxylic acids is 1. The molecule has 2 saturated heterocycles. The van der Waals surface area contributed by atoms with Crippen molar-refractivity contribution in [2.75, 3.05) is 32.7 Å². The Kier molecular flexibility index (Phi) is 4.99. The van der Waals surface area contributed by atoms with Gasteiger partial charge in [-0.3, -0.25) is 4.79 Å². The van der Waals surface area contributed by atoms with E-state index < -0.39 is 11.7 Å². The van der Waals surface area contributed by atoms with Crippen LogP contribution in [0.2, 0.25) is 0 Å². The van der Waals surface area contributed by atoms with E-state index >= 15 is 0 Å². The summed E-state index contributed by atoms with van der Waals surface area (Å²) in [7, 11) is 0. The summed E-state index contributed by atoms with van der Waals surface area (Å²) in [5.74, 6) is -0.0745. The highest BCUT2D eigenvalue weighted by Crippen LogP contribution is 2.25. The van der Waals surface area contributed by atoms with E-state index in [1.54, 1.807) is 17.0 Å². The van der Waals surface area contributed by atoms with Crippen LogP contribution in [0.4, 0.5) is 0 Å². The van der Waals surface area contributed by atoms with Gasteiger partial charge in [-0.05, 0) is 44.5 Å². The maximum atomic E-state index is 12.6. The number of benzene rings is 1. The SMILES string of the molecule is O=C(c1ccccc1)N1CC[C@H](O)[C@@](O)(CN2CCCCC2)C1. The van der Waals surface area contributed by atoms with Gasteiger partial charge in [0.1, 0.15) is 5.60 Å². The second kappa shape index (κ2) is 6.99. The second-order valence-electron chi connectivity index (χ2n) is 6.84. The fourth-order valence-corrected chi connectivity index (χ4v) is 3.66. The number of hydrogen-bond acceptors (Lipinski definition) is 4. The first-order valence-electron chi connectivity index (χ1n) is 8.56. The molecule has 0 saturated carbocycles. The van der Waals surface area contributed by atoms with E-state index in [2.05, 4.69) is 4.90 Å². The fourth-order valence-electron chi connectivity index (χ4n) is 3.66. The van der Waals surface area contributed by atoms with Crippen molar-refractivity contribution in [2.24, 2.45) is 0 Å². The Morgan fingerprint density at radius 1 is 1.13 bits per heavy atom. The standard InChI is InChI=1S/C18H26N2O3/c21-16-9-12-20(17(22)15-7-3-1-4-8-15)14-18(16,23)13-19-10-5-2-6-11-19/h1,3-4,7-8,16,21,23H,2,5-6,9-14H2/t16-,18+/m0/s1. The van der Waals surface area contributed by atoms with Gasteiger partial charge < -0.3 is 20.0 Å². The van der Waals surface area contributed by atoms with Gasteiger partial charge in [-0.1, -0.05) is 24.6 Å². The van der Waals surface area contributed by atoms with Gasteiger partial charge in [0, 0.05) is 18.7 Å². The molecule has 2 heterocycles. The van der Waals surface area contributed by atoms with Crippen LogP contribution in [-0.4, -0.2) is 70.3 Å². The first-order valence-corrected chi connectivity index (χ1v) is 8.56. The molecule has 0 bridgehead atoms. The van der Waals surface area contributed by atoms with Crippen molar-refractivity contribution in [2.45, 2.75) is 37.4 Å². The zero-order valence-corrected chi connectivity index (χ0v) is 13.5. The Labute approximate surface area is 137 Å². The summed E-state index contributed by atoms with van der Waals surface area (Å²) in [5, 5.41) is 21.3. The van der Waals surface area contributed by atoms with E-state index in [1.165, 1.54) is 6.42 Å². The molecule has 1 aromatic carbocycles. The lowest BCUT2D eigenvalue weighted by atomic mass is 9.88. The lowest BCUT2D eigenvalue weighted by molar-refractivity contribution is -0.128. The van der Waals surface area contributed by atoms with E-state index in [0.717, 1.165) is 25.9 Å². The third-order valence-corrected chi connectivity index (χ3v) is 5.01. The second-order valence-corrected chi connectivity index (χ2v) is 6.84. The van der Waals surface area contributed by atoms with Crippen LogP contribution in [0, 0.1) is 0 Å². The van der Waals surface area contributed by atoms with Crippen molar-refractivity contribution in [3.63, 3.8) is 0 Å². The molecule has 2 atom stereocenters. The number of likely N-dealkylation sites (tertiary alicyclic amines) is 2. The average Bonchev–Trinajstić information content (AvgIpc) is 2.58. The molecule has 126 valence electrons. The van der Waals surface area contributed by atoms with Crippen LogP contribution in [0.25, 0.3) is 0 Å². The summed E-state index contributed by atoms with van der Waals surface area (Å²) in [6.07, 6.45) is 3.15. The number of carbonyl (C=O) groups is 1. The van der Waals surface area contributed by atoms with Crippen molar-refractivity contribution in [1.82, 2.24) is 9.80 Å². The molecule has 0 aliphatic carbocycles. The molecule has 23 heavy (non-hydrogen) atoms. The Morgan fingerprint density at radius 3 is 2.52 bits per heavy atom. The molecule has 1 amide bonds. The lowest BCUT2D eigenvalue weighted by Gasteiger charge is -2.45. The van der Waals surface area contributed by atoms with Crippen molar-refractivity contribution >= 4 is 5.91 Å². The summed E-state index contributed by atoms with van der Waals surface area (Å²) in [6, 6.07) is 9.13. The molecule has 5 heteroatoms. The van der Waals surface area contributed by atoms with Gasteiger partial charge >= 0.3 is 0 Å². The molecule has 0 spiro atoms. The molecule has 0 aromatic heterocycles. The molecular formula is C18H26N2O3. The van der Waals surface area contributed by atoms with Gasteiger partial charge in [0.05, 0.1) is 12.6 Å². The molecule has 3 rings (SSSR count). The molecule has 2 fully saturated rings. The number of rotatable bonds is 3. The van der Waals surface area contributed by atoms with Crippen LogP contribution in [-0.2, 0) is 0 Å². The number of piperidine rings is 2. The molecule has 0 unspecified atom stereocenters. The first-order chi connectivity index (χ1) is 11.1. The highest BCUT2D eigenvalue weighted by molar-refractivity contribution is 5.94. The quantitative estimate of drug-likeness (QED) is 0.876. The van der Waals surface area contributed by atoms with Crippen molar-refractivity contribution in [3.8, 4) is 0 Å². The van der Waals surface area contributed by atoms with E-state index in [0.29, 0.717) is 25.1 Å². The number of aliphatic hydroxyl groups is 2. The third-order valence-electron chi connectivity index (χ3n) is 5.01. The lowest BCUT2D eigenvalue weighted by Crippen LogP contribution is -2.63. The van der Waals surface area contributed by atoms with E-state index in [9.17, 15) is 15.0 Å². The van der Waals surface area contributed by atoms with E-state index in [4.69, 9.17) is 0 Å².